The predicted molar refractivity (Wildman–Crippen MR) is 71.7 cm³/mol. The summed E-state index contributed by atoms with van der Waals surface area (Å²) in [5.41, 5.74) is -1.47. The van der Waals surface area contributed by atoms with E-state index in [1.165, 1.54) is 4.90 Å². The lowest BCUT2D eigenvalue weighted by molar-refractivity contribution is -0.0642. The molecular formula is C14H25F2NO3. The van der Waals surface area contributed by atoms with Crippen molar-refractivity contribution >= 4 is 6.09 Å². The Balaban J connectivity index is 2.78. The Kier molecular flexibility index (Phi) is 4.69. The van der Waals surface area contributed by atoms with E-state index in [2.05, 4.69) is 0 Å². The van der Waals surface area contributed by atoms with Gasteiger partial charge in [-0.15, -0.1) is 0 Å². The van der Waals surface area contributed by atoms with Crippen LogP contribution in [-0.4, -0.2) is 40.9 Å². The average molecular weight is 293 g/mol. The van der Waals surface area contributed by atoms with Crippen molar-refractivity contribution in [3.8, 4) is 0 Å². The van der Waals surface area contributed by atoms with E-state index < -0.39 is 23.3 Å². The highest BCUT2D eigenvalue weighted by atomic mass is 19.3. The quantitative estimate of drug-likeness (QED) is 0.794. The minimum Gasteiger partial charge on any atom is -0.444 e. The zero-order chi connectivity index (χ0) is 15.8. The van der Waals surface area contributed by atoms with Gasteiger partial charge < -0.3 is 9.47 Å². The van der Waals surface area contributed by atoms with Crippen molar-refractivity contribution in [2.75, 3.05) is 6.61 Å². The van der Waals surface area contributed by atoms with E-state index in [0.29, 0.717) is 0 Å². The van der Waals surface area contributed by atoms with Gasteiger partial charge in [-0.05, 0) is 48.0 Å². The normalized spacial score (nSPS) is 23.0. The second-order valence-electron chi connectivity index (χ2n) is 6.87. The number of rotatable bonds is 3. The van der Waals surface area contributed by atoms with Gasteiger partial charge in [0.25, 0.3) is 0 Å². The van der Waals surface area contributed by atoms with Crippen molar-refractivity contribution in [2.24, 2.45) is 0 Å². The first-order valence-electron chi connectivity index (χ1n) is 6.86. The molecule has 0 aromatic rings. The third-order valence-electron chi connectivity index (χ3n) is 3.08. The van der Waals surface area contributed by atoms with Crippen LogP contribution in [0.25, 0.3) is 0 Å². The molecule has 0 aliphatic carbocycles. The number of nitrogens with zero attached hydrogens (tertiary/aromatic N) is 1. The molecule has 1 atom stereocenters. The summed E-state index contributed by atoms with van der Waals surface area (Å²) in [6, 6.07) is -0.384. The van der Waals surface area contributed by atoms with Crippen LogP contribution >= 0.6 is 0 Å². The number of hydrogen-bond donors (Lipinski definition) is 0. The fourth-order valence-corrected chi connectivity index (χ4v) is 2.20. The monoisotopic (exact) mass is 293 g/mol. The third-order valence-corrected chi connectivity index (χ3v) is 3.08. The van der Waals surface area contributed by atoms with Crippen LogP contribution in [0.4, 0.5) is 13.6 Å². The molecule has 0 bridgehead atoms. The molecule has 0 aromatic heterocycles. The molecule has 118 valence electrons. The second-order valence-corrected chi connectivity index (χ2v) is 6.87. The first-order valence-corrected chi connectivity index (χ1v) is 6.86. The number of amides is 1. The van der Waals surface area contributed by atoms with Crippen LogP contribution in [-0.2, 0) is 9.47 Å². The van der Waals surface area contributed by atoms with E-state index in [4.69, 9.17) is 9.47 Å². The number of carbonyl (C=O) groups is 1. The average Bonchev–Trinajstić information content (AvgIpc) is 2.46. The number of carbonyl (C=O) groups excluding carboxylic acids is 1. The molecule has 0 saturated carbocycles. The highest BCUT2D eigenvalue weighted by Crippen LogP contribution is 2.33. The molecule has 1 heterocycles. The van der Waals surface area contributed by atoms with Crippen LogP contribution in [0.5, 0.6) is 0 Å². The Bertz CT molecular complexity index is 358. The molecule has 0 aromatic carbocycles. The summed E-state index contributed by atoms with van der Waals surface area (Å²) in [7, 11) is 0. The minimum absolute atomic E-state index is 0.187. The number of halogens is 2. The van der Waals surface area contributed by atoms with Crippen molar-refractivity contribution in [3.05, 3.63) is 0 Å². The summed E-state index contributed by atoms with van der Waals surface area (Å²) < 4.78 is 36.9. The summed E-state index contributed by atoms with van der Waals surface area (Å²) in [4.78, 5) is 13.7. The smallest absolute Gasteiger partial charge is 0.412 e. The molecular weight excluding hydrogens is 268 g/mol. The summed E-state index contributed by atoms with van der Waals surface area (Å²) in [5, 5.41) is 0. The molecule has 0 unspecified atom stereocenters. The topological polar surface area (TPSA) is 38.8 Å². The molecule has 6 heteroatoms. The zero-order valence-electron chi connectivity index (χ0n) is 13.1. The lowest BCUT2D eigenvalue weighted by Crippen LogP contribution is -2.50. The van der Waals surface area contributed by atoms with Gasteiger partial charge in [-0.25, -0.2) is 13.6 Å². The Morgan fingerprint density at radius 2 is 1.90 bits per heavy atom. The molecule has 0 radical (unpaired) electrons. The van der Waals surface area contributed by atoms with Gasteiger partial charge in [0.2, 0.25) is 5.92 Å². The van der Waals surface area contributed by atoms with E-state index in [1.807, 2.05) is 0 Å². The van der Waals surface area contributed by atoms with E-state index in [9.17, 15) is 13.6 Å². The fraction of sp³-hybridized carbons (Fsp3) is 0.929. The summed E-state index contributed by atoms with van der Waals surface area (Å²) >= 11 is 0. The highest BCUT2D eigenvalue weighted by Gasteiger charge is 2.46. The molecule has 1 aliphatic rings. The van der Waals surface area contributed by atoms with E-state index >= 15 is 0 Å². The number of hydrogen-bond acceptors (Lipinski definition) is 3. The van der Waals surface area contributed by atoms with Gasteiger partial charge in [-0.1, -0.05) is 0 Å². The largest absolute Gasteiger partial charge is 0.444 e. The maximum absolute atomic E-state index is 13.0. The Morgan fingerprint density at radius 3 is 2.35 bits per heavy atom. The Labute approximate surface area is 119 Å². The molecule has 0 spiro atoms. The number of alkyl halides is 2. The first-order chi connectivity index (χ1) is 8.82. The van der Waals surface area contributed by atoms with Crippen LogP contribution < -0.4 is 0 Å². The van der Waals surface area contributed by atoms with Gasteiger partial charge in [0, 0.05) is 6.42 Å². The standard InChI is InChI=1S/C14H25F2NO3/c1-12(2,3)20-11(18)17-10(7-8-14(6,15)16)9-19-13(17,4)5/h10H,7-9H2,1-6H3/t10-/m0/s1. The molecule has 20 heavy (non-hydrogen) atoms. The molecule has 1 rings (SSSR count). The van der Waals surface area contributed by atoms with Gasteiger partial charge in [0.15, 0.2) is 0 Å². The van der Waals surface area contributed by atoms with Crippen LogP contribution in [0.1, 0.15) is 54.4 Å². The second kappa shape index (κ2) is 5.47. The molecule has 1 saturated heterocycles. The van der Waals surface area contributed by atoms with Crippen LogP contribution in [0, 0.1) is 0 Å². The van der Waals surface area contributed by atoms with Crippen molar-refractivity contribution in [1.29, 1.82) is 0 Å². The van der Waals surface area contributed by atoms with Crippen LogP contribution in [0.2, 0.25) is 0 Å². The SMILES string of the molecule is CC(F)(F)CC[C@H]1COC(C)(C)N1C(=O)OC(C)(C)C. The van der Waals surface area contributed by atoms with Crippen LogP contribution in [0.3, 0.4) is 0 Å². The van der Waals surface area contributed by atoms with Gasteiger partial charge in [0.1, 0.15) is 11.3 Å². The Hall–Kier alpha value is -0.910. The molecule has 0 N–H and O–H groups in total. The van der Waals surface area contributed by atoms with Gasteiger partial charge in [-0.2, -0.15) is 0 Å². The molecule has 1 fully saturated rings. The van der Waals surface area contributed by atoms with E-state index in [1.54, 1.807) is 34.6 Å². The van der Waals surface area contributed by atoms with Crippen molar-refractivity contribution in [2.45, 2.75) is 77.7 Å². The molecule has 1 aliphatic heterocycles. The summed E-state index contributed by atoms with van der Waals surface area (Å²) in [6.07, 6.45) is -0.618. The first kappa shape index (κ1) is 17.1. The van der Waals surface area contributed by atoms with E-state index in [0.717, 1.165) is 6.92 Å². The van der Waals surface area contributed by atoms with Crippen molar-refractivity contribution < 1.29 is 23.0 Å². The number of ether oxygens (including phenoxy) is 2. The lowest BCUT2D eigenvalue weighted by Gasteiger charge is -2.35. The van der Waals surface area contributed by atoms with Gasteiger partial charge in [-0.3, -0.25) is 4.90 Å². The summed E-state index contributed by atoms with van der Waals surface area (Å²) in [5.74, 6) is -2.74. The van der Waals surface area contributed by atoms with Gasteiger partial charge >= 0.3 is 6.09 Å². The lowest BCUT2D eigenvalue weighted by atomic mass is 10.1. The summed E-state index contributed by atoms with van der Waals surface area (Å²) in [6.45, 7) is 9.91. The van der Waals surface area contributed by atoms with Crippen molar-refractivity contribution in [3.63, 3.8) is 0 Å². The Morgan fingerprint density at radius 1 is 1.35 bits per heavy atom. The van der Waals surface area contributed by atoms with Gasteiger partial charge in [0.05, 0.1) is 12.6 Å². The zero-order valence-corrected chi connectivity index (χ0v) is 13.1. The minimum atomic E-state index is -2.74. The third kappa shape index (κ3) is 4.89. The van der Waals surface area contributed by atoms with Crippen LogP contribution in [0.15, 0.2) is 0 Å². The maximum atomic E-state index is 13.0. The highest BCUT2D eigenvalue weighted by molar-refractivity contribution is 5.69. The fourth-order valence-electron chi connectivity index (χ4n) is 2.20. The maximum Gasteiger partial charge on any atom is 0.412 e. The van der Waals surface area contributed by atoms with E-state index in [-0.39, 0.29) is 25.5 Å². The molecule has 4 nitrogen and oxygen atoms in total. The van der Waals surface area contributed by atoms with Crippen molar-refractivity contribution in [1.82, 2.24) is 4.90 Å². The molecule has 1 amide bonds. The predicted octanol–water partition coefficient (Wildman–Crippen LogP) is 3.79.